The maximum absolute atomic E-state index is 13.9. The van der Waals surface area contributed by atoms with Gasteiger partial charge in [-0.1, -0.05) is 18.2 Å². The second kappa shape index (κ2) is 6.55. The molecule has 7 heteroatoms. The normalized spacial score (nSPS) is 20.1. The predicted molar refractivity (Wildman–Crippen MR) is 86.8 cm³/mol. The summed E-state index contributed by atoms with van der Waals surface area (Å²) in [5.41, 5.74) is 0.685. The average molecular weight is 365 g/mol. The van der Waals surface area contributed by atoms with Crippen molar-refractivity contribution in [1.29, 1.82) is 0 Å². The maximum Gasteiger partial charge on any atom is 0.417 e. The summed E-state index contributed by atoms with van der Waals surface area (Å²) in [6, 6.07) is 5.40. The van der Waals surface area contributed by atoms with Crippen molar-refractivity contribution in [2.45, 2.75) is 25.4 Å². The fourth-order valence-electron chi connectivity index (χ4n) is 3.32. The summed E-state index contributed by atoms with van der Waals surface area (Å²) >= 11 is 0. The standard InChI is InChI=1S/C19H15F4NO2/c1-10-14(3-2-4-17(10)20)15-6-11(7-16(15)18(25)26)12-5-13(9-24-8-12)19(21,22)23/h2-5,7-9,15-16H,6H2,1H3,(H,25,26). The number of aromatic nitrogens is 1. The Balaban J connectivity index is 2.00. The van der Waals surface area contributed by atoms with Gasteiger partial charge in [-0.2, -0.15) is 13.2 Å². The van der Waals surface area contributed by atoms with Crippen LogP contribution >= 0.6 is 0 Å². The number of carbonyl (C=O) groups is 1. The van der Waals surface area contributed by atoms with Crippen molar-refractivity contribution < 1.29 is 27.5 Å². The highest BCUT2D eigenvalue weighted by atomic mass is 19.4. The lowest BCUT2D eigenvalue weighted by Gasteiger charge is -2.19. The van der Waals surface area contributed by atoms with Crippen LogP contribution in [0, 0.1) is 18.7 Å². The fourth-order valence-corrected chi connectivity index (χ4v) is 3.32. The Morgan fingerprint density at radius 2 is 2.00 bits per heavy atom. The van der Waals surface area contributed by atoms with Crippen molar-refractivity contribution in [1.82, 2.24) is 4.98 Å². The first-order valence-electron chi connectivity index (χ1n) is 7.89. The van der Waals surface area contributed by atoms with Crippen LogP contribution in [0.1, 0.15) is 34.6 Å². The molecule has 1 aliphatic carbocycles. The molecule has 1 aliphatic rings. The molecule has 26 heavy (non-hydrogen) atoms. The largest absolute Gasteiger partial charge is 0.481 e. The van der Waals surface area contributed by atoms with Gasteiger partial charge in [-0.05, 0) is 47.7 Å². The summed E-state index contributed by atoms with van der Waals surface area (Å²) in [6.45, 7) is 1.56. The van der Waals surface area contributed by atoms with Gasteiger partial charge in [0.05, 0.1) is 11.5 Å². The van der Waals surface area contributed by atoms with E-state index in [0.29, 0.717) is 16.7 Å². The number of pyridine rings is 1. The minimum Gasteiger partial charge on any atom is -0.481 e. The van der Waals surface area contributed by atoms with Crippen LogP contribution in [0.2, 0.25) is 0 Å². The van der Waals surface area contributed by atoms with Gasteiger partial charge in [-0.15, -0.1) is 0 Å². The van der Waals surface area contributed by atoms with Crippen molar-refractivity contribution in [2.24, 2.45) is 5.92 Å². The third-order valence-corrected chi connectivity index (χ3v) is 4.68. The van der Waals surface area contributed by atoms with Gasteiger partial charge in [-0.25, -0.2) is 4.39 Å². The Morgan fingerprint density at radius 1 is 1.27 bits per heavy atom. The first-order chi connectivity index (χ1) is 12.2. The van der Waals surface area contributed by atoms with E-state index in [1.807, 2.05) is 0 Å². The van der Waals surface area contributed by atoms with E-state index in [0.717, 1.165) is 12.3 Å². The van der Waals surface area contributed by atoms with E-state index in [-0.39, 0.29) is 12.0 Å². The molecule has 2 aromatic rings. The number of carboxylic acids is 1. The van der Waals surface area contributed by atoms with Gasteiger partial charge >= 0.3 is 12.1 Å². The van der Waals surface area contributed by atoms with Crippen molar-refractivity contribution >= 4 is 11.5 Å². The highest BCUT2D eigenvalue weighted by Gasteiger charge is 2.36. The molecule has 1 aromatic carbocycles. The number of aliphatic carboxylic acids is 1. The van der Waals surface area contributed by atoms with Crippen molar-refractivity contribution in [3.05, 3.63) is 70.8 Å². The third kappa shape index (κ3) is 3.34. The molecule has 0 aliphatic heterocycles. The maximum atomic E-state index is 13.9. The average Bonchev–Trinajstić information content (AvgIpc) is 3.02. The van der Waals surface area contributed by atoms with Crippen LogP contribution in [-0.2, 0) is 11.0 Å². The van der Waals surface area contributed by atoms with Crippen LogP contribution in [0.15, 0.2) is 42.7 Å². The molecule has 0 radical (unpaired) electrons. The summed E-state index contributed by atoms with van der Waals surface area (Å²) < 4.78 is 52.6. The summed E-state index contributed by atoms with van der Waals surface area (Å²) in [7, 11) is 0. The minimum absolute atomic E-state index is 0.199. The molecule has 2 unspecified atom stereocenters. The number of hydrogen-bond acceptors (Lipinski definition) is 2. The zero-order chi connectivity index (χ0) is 19.1. The molecule has 3 nitrogen and oxygen atoms in total. The first kappa shape index (κ1) is 18.1. The van der Waals surface area contributed by atoms with Crippen molar-refractivity contribution in [3.8, 4) is 0 Å². The first-order valence-corrected chi connectivity index (χ1v) is 7.89. The minimum atomic E-state index is -4.53. The van der Waals surface area contributed by atoms with E-state index in [9.17, 15) is 27.5 Å². The molecule has 1 heterocycles. The molecule has 0 bridgehead atoms. The lowest BCUT2D eigenvalue weighted by Crippen LogP contribution is -2.17. The number of hydrogen-bond donors (Lipinski definition) is 1. The van der Waals surface area contributed by atoms with Crippen LogP contribution in [0.3, 0.4) is 0 Å². The number of carboxylic acid groups (broad SMARTS) is 1. The fraction of sp³-hybridized carbons (Fsp3) is 0.263. The predicted octanol–water partition coefficient (Wildman–Crippen LogP) is 4.82. The molecular formula is C19H15F4NO2. The third-order valence-electron chi connectivity index (χ3n) is 4.68. The second-order valence-electron chi connectivity index (χ2n) is 6.28. The van der Waals surface area contributed by atoms with Gasteiger partial charge < -0.3 is 5.11 Å². The lowest BCUT2D eigenvalue weighted by molar-refractivity contribution is -0.140. The van der Waals surface area contributed by atoms with Gasteiger partial charge in [0.25, 0.3) is 0 Å². The van der Waals surface area contributed by atoms with Crippen molar-refractivity contribution in [2.75, 3.05) is 0 Å². The summed E-state index contributed by atoms with van der Waals surface area (Å²) in [4.78, 5) is 15.3. The van der Waals surface area contributed by atoms with Gasteiger partial charge in [0.15, 0.2) is 0 Å². The molecule has 0 fully saturated rings. The van der Waals surface area contributed by atoms with E-state index < -0.39 is 35.4 Å². The van der Waals surface area contributed by atoms with E-state index >= 15 is 0 Å². The van der Waals surface area contributed by atoms with Gasteiger partial charge in [-0.3, -0.25) is 9.78 Å². The smallest absolute Gasteiger partial charge is 0.417 e. The van der Waals surface area contributed by atoms with Crippen LogP contribution in [0.5, 0.6) is 0 Å². The van der Waals surface area contributed by atoms with Gasteiger partial charge in [0.1, 0.15) is 5.82 Å². The Bertz CT molecular complexity index is 889. The molecular weight excluding hydrogens is 350 g/mol. The zero-order valence-corrected chi connectivity index (χ0v) is 13.7. The number of rotatable bonds is 3. The summed E-state index contributed by atoms with van der Waals surface area (Å²) in [6.07, 6.45) is -0.894. The number of alkyl halides is 3. The Kier molecular flexibility index (Phi) is 4.56. The van der Waals surface area contributed by atoms with Crippen molar-refractivity contribution in [3.63, 3.8) is 0 Å². The molecule has 1 N–H and O–H groups in total. The van der Waals surface area contributed by atoms with E-state index in [4.69, 9.17) is 0 Å². The van der Waals surface area contributed by atoms with Gasteiger partial charge in [0.2, 0.25) is 0 Å². The van der Waals surface area contributed by atoms with Crippen LogP contribution in [0.25, 0.3) is 5.57 Å². The quantitative estimate of drug-likeness (QED) is 0.794. The second-order valence-corrected chi connectivity index (χ2v) is 6.28. The number of nitrogens with zero attached hydrogens (tertiary/aromatic N) is 1. The van der Waals surface area contributed by atoms with E-state index in [1.54, 1.807) is 13.0 Å². The molecule has 0 amide bonds. The molecule has 2 atom stereocenters. The highest BCUT2D eigenvalue weighted by molar-refractivity contribution is 5.82. The molecule has 0 spiro atoms. The van der Waals surface area contributed by atoms with E-state index in [2.05, 4.69) is 4.98 Å². The van der Waals surface area contributed by atoms with Gasteiger partial charge in [0, 0.05) is 18.3 Å². The Labute approximate surface area is 147 Å². The monoisotopic (exact) mass is 365 g/mol. The molecule has 3 rings (SSSR count). The highest BCUT2D eigenvalue weighted by Crippen LogP contribution is 2.44. The number of halogens is 4. The van der Waals surface area contributed by atoms with Crippen LogP contribution < -0.4 is 0 Å². The molecule has 136 valence electrons. The number of benzene rings is 1. The number of allylic oxidation sites excluding steroid dienone is 1. The summed E-state index contributed by atoms with van der Waals surface area (Å²) in [5.74, 6) is -3.04. The SMILES string of the molecule is Cc1c(F)cccc1C1CC(c2cncc(C(F)(F)F)c2)=CC1C(=O)O. The lowest BCUT2D eigenvalue weighted by atomic mass is 9.85. The Morgan fingerprint density at radius 3 is 2.65 bits per heavy atom. The van der Waals surface area contributed by atoms with Crippen LogP contribution in [0.4, 0.5) is 17.6 Å². The van der Waals surface area contributed by atoms with E-state index in [1.165, 1.54) is 24.4 Å². The topological polar surface area (TPSA) is 50.2 Å². The summed E-state index contributed by atoms with van der Waals surface area (Å²) in [5, 5.41) is 9.52. The zero-order valence-electron chi connectivity index (χ0n) is 13.7. The molecule has 1 aromatic heterocycles. The Hall–Kier alpha value is -2.70. The molecule has 0 saturated heterocycles. The van der Waals surface area contributed by atoms with Crippen LogP contribution in [-0.4, -0.2) is 16.1 Å². The molecule has 0 saturated carbocycles.